The maximum atomic E-state index is 10.8. The van der Waals surface area contributed by atoms with Gasteiger partial charge < -0.3 is 9.53 Å². The Labute approximate surface area is 91.8 Å². The van der Waals surface area contributed by atoms with E-state index in [2.05, 4.69) is 0 Å². The zero-order valence-electron chi connectivity index (χ0n) is 7.83. The van der Waals surface area contributed by atoms with Crippen molar-refractivity contribution in [3.63, 3.8) is 0 Å². The largest absolute Gasteiger partial charge is 0.359 e. The molecule has 76 valence electrons. The molecule has 0 saturated carbocycles. The molecule has 2 heterocycles. The van der Waals surface area contributed by atoms with Crippen molar-refractivity contribution < 1.29 is 9.53 Å². The number of halogens is 1. The van der Waals surface area contributed by atoms with Crippen LogP contribution in [0.4, 0.5) is 0 Å². The van der Waals surface area contributed by atoms with Crippen LogP contribution < -0.4 is 0 Å². The maximum absolute atomic E-state index is 10.8. The lowest BCUT2D eigenvalue weighted by Gasteiger charge is -2.16. The molecule has 0 spiro atoms. The minimum absolute atomic E-state index is 0.0442. The fraction of sp³-hybridized carbons (Fsp3) is 0.500. The Morgan fingerprint density at radius 3 is 3.07 bits per heavy atom. The summed E-state index contributed by atoms with van der Waals surface area (Å²) < 4.78 is 5.68. The van der Waals surface area contributed by atoms with Gasteiger partial charge in [0.2, 0.25) is 0 Å². The normalized spacial score (nSPS) is 32.0. The van der Waals surface area contributed by atoms with Gasteiger partial charge in [-0.1, -0.05) is 11.6 Å². The SMILES string of the molecule is CC1(C=O)CCC(c2cc(Cl)cs2)O1. The Balaban J connectivity index is 2.13. The van der Waals surface area contributed by atoms with Crippen LogP contribution in [0.1, 0.15) is 30.7 Å². The monoisotopic (exact) mass is 230 g/mol. The smallest absolute Gasteiger partial charge is 0.151 e. The summed E-state index contributed by atoms with van der Waals surface area (Å²) in [5.74, 6) is 0. The average Bonchev–Trinajstić information content (AvgIpc) is 2.73. The predicted octanol–water partition coefficient (Wildman–Crippen LogP) is 3.21. The van der Waals surface area contributed by atoms with Crippen molar-refractivity contribution in [3.05, 3.63) is 21.3 Å². The Kier molecular flexibility index (Phi) is 2.64. The Morgan fingerprint density at radius 2 is 2.57 bits per heavy atom. The van der Waals surface area contributed by atoms with E-state index in [1.807, 2.05) is 18.4 Å². The van der Waals surface area contributed by atoms with Crippen LogP contribution >= 0.6 is 22.9 Å². The van der Waals surface area contributed by atoms with Crippen molar-refractivity contribution in [2.75, 3.05) is 0 Å². The zero-order chi connectivity index (χ0) is 10.2. The van der Waals surface area contributed by atoms with Crippen LogP contribution in [0.3, 0.4) is 0 Å². The molecule has 0 N–H and O–H groups in total. The number of thiophene rings is 1. The van der Waals surface area contributed by atoms with E-state index in [1.165, 1.54) is 0 Å². The van der Waals surface area contributed by atoms with E-state index in [0.717, 1.165) is 29.0 Å². The third kappa shape index (κ3) is 1.85. The van der Waals surface area contributed by atoms with Crippen molar-refractivity contribution in [2.45, 2.75) is 31.5 Å². The highest BCUT2D eigenvalue weighted by Crippen LogP contribution is 2.40. The molecule has 1 aromatic heterocycles. The Morgan fingerprint density at radius 1 is 1.79 bits per heavy atom. The van der Waals surface area contributed by atoms with Crippen molar-refractivity contribution in [2.24, 2.45) is 0 Å². The molecule has 2 nitrogen and oxygen atoms in total. The number of carbonyl (C=O) groups excluding carboxylic acids is 1. The van der Waals surface area contributed by atoms with Crippen LogP contribution in [0.25, 0.3) is 0 Å². The van der Waals surface area contributed by atoms with E-state index in [9.17, 15) is 4.79 Å². The van der Waals surface area contributed by atoms with Crippen molar-refractivity contribution in [1.82, 2.24) is 0 Å². The molecule has 1 aliphatic heterocycles. The maximum Gasteiger partial charge on any atom is 0.151 e. The van der Waals surface area contributed by atoms with Gasteiger partial charge in [0.15, 0.2) is 6.29 Å². The number of hydrogen-bond donors (Lipinski definition) is 0. The van der Waals surface area contributed by atoms with Crippen LogP contribution in [0.2, 0.25) is 5.02 Å². The lowest BCUT2D eigenvalue weighted by molar-refractivity contribution is -0.127. The molecule has 4 heteroatoms. The average molecular weight is 231 g/mol. The summed E-state index contributed by atoms with van der Waals surface area (Å²) in [6.45, 7) is 1.83. The fourth-order valence-electron chi connectivity index (χ4n) is 1.64. The van der Waals surface area contributed by atoms with Crippen molar-refractivity contribution in [3.8, 4) is 0 Å². The van der Waals surface area contributed by atoms with Crippen LogP contribution in [0, 0.1) is 0 Å². The van der Waals surface area contributed by atoms with Gasteiger partial charge in [0.05, 0.1) is 11.1 Å². The van der Waals surface area contributed by atoms with E-state index in [1.54, 1.807) is 11.3 Å². The molecule has 1 aromatic rings. The Hall–Kier alpha value is -0.380. The first kappa shape index (κ1) is 10.1. The number of carbonyl (C=O) groups is 1. The first-order valence-electron chi connectivity index (χ1n) is 4.51. The molecular weight excluding hydrogens is 220 g/mol. The lowest BCUT2D eigenvalue weighted by atomic mass is 10.0. The number of aldehydes is 1. The lowest BCUT2D eigenvalue weighted by Crippen LogP contribution is -2.24. The third-order valence-electron chi connectivity index (χ3n) is 2.47. The summed E-state index contributed by atoms with van der Waals surface area (Å²) in [4.78, 5) is 11.9. The standard InChI is InChI=1S/C10H11ClO2S/c1-10(6-12)3-2-8(13-10)9-4-7(11)5-14-9/h4-6,8H,2-3H2,1H3. The van der Waals surface area contributed by atoms with Gasteiger partial charge in [-0.25, -0.2) is 0 Å². The van der Waals surface area contributed by atoms with Crippen LogP contribution in [-0.2, 0) is 9.53 Å². The van der Waals surface area contributed by atoms with Crippen molar-refractivity contribution in [1.29, 1.82) is 0 Å². The minimum Gasteiger partial charge on any atom is -0.359 e. The summed E-state index contributed by atoms with van der Waals surface area (Å²) in [7, 11) is 0. The molecule has 2 rings (SSSR count). The molecule has 2 unspecified atom stereocenters. The molecule has 1 saturated heterocycles. The number of ether oxygens (including phenoxy) is 1. The van der Waals surface area contributed by atoms with Crippen LogP contribution in [-0.4, -0.2) is 11.9 Å². The summed E-state index contributed by atoms with van der Waals surface area (Å²) >= 11 is 7.41. The predicted molar refractivity (Wildman–Crippen MR) is 56.9 cm³/mol. The molecule has 1 fully saturated rings. The quantitative estimate of drug-likeness (QED) is 0.730. The second kappa shape index (κ2) is 3.65. The molecule has 0 aromatic carbocycles. The molecule has 0 radical (unpaired) electrons. The molecule has 2 atom stereocenters. The van der Waals surface area contributed by atoms with Gasteiger partial charge in [0.25, 0.3) is 0 Å². The van der Waals surface area contributed by atoms with Gasteiger partial charge in [0.1, 0.15) is 5.60 Å². The number of rotatable bonds is 2. The van der Waals surface area contributed by atoms with Gasteiger partial charge >= 0.3 is 0 Å². The second-order valence-corrected chi connectivity index (χ2v) is 5.12. The molecule has 0 amide bonds. The molecule has 14 heavy (non-hydrogen) atoms. The highest BCUT2D eigenvalue weighted by molar-refractivity contribution is 7.10. The summed E-state index contributed by atoms with van der Waals surface area (Å²) in [5.41, 5.74) is -0.596. The summed E-state index contributed by atoms with van der Waals surface area (Å²) in [5, 5.41) is 2.63. The first-order valence-corrected chi connectivity index (χ1v) is 5.77. The van der Waals surface area contributed by atoms with Crippen LogP contribution in [0.5, 0.6) is 0 Å². The van der Waals surface area contributed by atoms with Crippen LogP contribution in [0.15, 0.2) is 11.4 Å². The highest BCUT2D eigenvalue weighted by Gasteiger charge is 2.36. The van der Waals surface area contributed by atoms with Gasteiger partial charge in [0, 0.05) is 10.3 Å². The minimum atomic E-state index is -0.596. The van der Waals surface area contributed by atoms with E-state index >= 15 is 0 Å². The molecule has 0 aliphatic carbocycles. The molecule has 0 bridgehead atoms. The van der Waals surface area contributed by atoms with Gasteiger partial charge in [-0.2, -0.15) is 0 Å². The zero-order valence-corrected chi connectivity index (χ0v) is 9.40. The van der Waals surface area contributed by atoms with Gasteiger partial charge in [-0.15, -0.1) is 11.3 Å². The molecular formula is C10H11ClO2S. The fourth-order valence-corrected chi connectivity index (χ4v) is 2.79. The first-order chi connectivity index (χ1) is 6.63. The summed E-state index contributed by atoms with van der Waals surface area (Å²) in [6, 6.07) is 1.91. The van der Waals surface area contributed by atoms with Gasteiger partial charge in [-0.3, -0.25) is 0 Å². The highest BCUT2D eigenvalue weighted by atomic mass is 35.5. The van der Waals surface area contributed by atoms with E-state index < -0.39 is 5.60 Å². The topological polar surface area (TPSA) is 26.3 Å². The van der Waals surface area contributed by atoms with Crippen molar-refractivity contribution >= 4 is 29.2 Å². The third-order valence-corrected chi connectivity index (χ3v) is 3.84. The van der Waals surface area contributed by atoms with E-state index in [-0.39, 0.29) is 6.10 Å². The molecule has 1 aliphatic rings. The Bertz CT molecular complexity index is 350. The second-order valence-electron chi connectivity index (χ2n) is 3.74. The summed E-state index contributed by atoms with van der Waals surface area (Å²) in [6.07, 6.45) is 2.62. The van der Waals surface area contributed by atoms with E-state index in [4.69, 9.17) is 16.3 Å². The number of hydrogen-bond acceptors (Lipinski definition) is 3. The van der Waals surface area contributed by atoms with Gasteiger partial charge in [-0.05, 0) is 25.8 Å². The van der Waals surface area contributed by atoms with E-state index in [0.29, 0.717) is 0 Å².